The molecule has 0 unspecified atom stereocenters. The van der Waals surface area contributed by atoms with Gasteiger partial charge < -0.3 is 5.73 Å². The maximum absolute atomic E-state index is 12.4. The van der Waals surface area contributed by atoms with Gasteiger partial charge in [0.15, 0.2) is 0 Å². The fourth-order valence-electron chi connectivity index (χ4n) is 2.55. The summed E-state index contributed by atoms with van der Waals surface area (Å²) in [5, 5.41) is 0. The van der Waals surface area contributed by atoms with Gasteiger partial charge in [-0.25, -0.2) is 8.42 Å². The molecular formula is C13H28N2O2S. The number of nitrogens with two attached hydrogens (primary N) is 1. The summed E-state index contributed by atoms with van der Waals surface area (Å²) in [6.45, 7) is 5.01. The van der Waals surface area contributed by atoms with Crippen molar-refractivity contribution in [1.29, 1.82) is 0 Å². The molecule has 0 heterocycles. The van der Waals surface area contributed by atoms with E-state index >= 15 is 0 Å². The lowest BCUT2D eigenvalue weighted by Crippen LogP contribution is -2.45. The van der Waals surface area contributed by atoms with Crippen molar-refractivity contribution in [2.45, 2.75) is 58.4 Å². The first-order chi connectivity index (χ1) is 8.47. The fourth-order valence-corrected chi connectivity index (χ4v) is 4.60. The molecule has 1 saturated carbocycles. The molecular weight excluding hydrogens is 248 g/mol. The summed E-state index contributed by atoms with van der Waals surface area (Å²) < 4.78 is 26.5. The predicted molar refractivity (Wildman–Crippen MR) is 75.9 cm³/mol. The average molecular weight is 276 g/mol. The first kappa shape index (κ1) is 15.9. The molecule has 0 radical (unpaired) electrons. The van der Waals surface area contributed by atoms with Crippen LogP contribution in [0.4, 0.5) is 0 Å². The zero-order chi connectivity index (χ0) is 13.6. The Labute approximate surface area is 112 Å². The summed E-state index contributed by atoms with van der Waals surface area (Å²) in [5.41, 5.74) is 5.58. The zero-order valence-electron chi connectivity index (χ0n) is 11.8. The summed E-state index contributed by atoms with van der Waals surface area (Å²) in [5.74, 6) is 0.687. The topological polar surface area (TPSA) is 63.4 Å². The van der Waals surface area contributed by atoms with Crippen LogP contribution in [-0.2, 0) is 10.0 Å². The fraction of sp³-hybridized carbons (Fsp3) is 1.00. The third-order valence-electron chi connectivity index (χ3n) is 3.64. The minimum Gasteiger partial charge on any atom is -0.329 e. The molecule has 0 aliphatic heterocycles. The molecule has 0 atom stereocenters. The second-order valence-electron chi connectivity index (χ2n) is 5.69. The Kier molecular flexibility index (Phi) is 6.60. The van der Waals surface area contributed by atoms with Crippen molar-refractivity contribution in [3.8, 4) is 0 Å². The van der Waals surface area contributed by atoms with Crippen LogP contribution in [0.1, 0.15) is 52.4 Å². The third-order valence-corrected chi connectivity index (χ3v) is 5.59. The Morgan fingerprint density at radius 2 is 1.83 bits per heavy atom. The van der Waals surface area contributed by atoms with E-state index < -0.39 is 10.0 Å². The van der Waals surface area contributed by atoms with E-state index in [0.29, 0.717) is 19.0 Å². The molecule has 1 fully saturated rings. The number of hydrogen-bond donors (Lipinski definition) is 1. The average Bonchev–Trinajstić information content (AvgIpc) is 2.34. The second kappa shape index (κ2) is 7.46. The highest BCUT2D eigenvalue weighted by molar-refractivity contribution is 7.89. The highest BCUT2D eigenvalue weighted by Crippen LogP contribution is 2.25. The standard InChI is InChI=1S/C13H28N2O2S/c1-12(2)8-11-18(16,17)15(10-9-14)13-6-4-3-5-7-13/h12-13H,3-11,14H2,1-2H3. The van der Waals surface area contributed by atoms with Crippen LogP contribution in [0, 0.1) is 5.92 Å². The molecule has 1 aliphatic carbocycles. The van der Waals surface area contributed by atoms with E-state index in [4.69, 9.17) is 5.73 Å². The minimum absolute atomic E-state index is 0.194. The van der Waals surface area contributed by atoms with Gasteiger partial charge in [-0.05, 0) is 25.2 Å². The van der Waals surface area contributed by atoms with E-state index in [1.807, 2.05) is 0 Å². The number of nitrogens with zero attached hydrogens (tertiary/aromatic N) is 1. The lowest BCUT2D eigenvalue weighted by atomic mass is 9.95. The summed E-state index contributed by atoms with van der Waals surface area (Å²) in [6.07, 6.45) is 6.26. The summed E-state index contributed by atoms with van der Waals surface area (Å²) in [6, 6.07) is 0.194. The molecule has 2 N–H and O–H groups in total. The molecule has 1 rings (SSSR count). The van der Waals surface area contributed by atoms with Gasteiger partial charge in [0.2, 0.25) is 10.0 Å². The van der Waals surface area contributed by atoms with Gasteiger partial charge in [0.05, 0.1) is 5.75 Å². The quantitative estimate of drug-likeness (QED) is 0.773. The lowest BCUT2D eigenvalue weighted by Gasteiger charge is -2.33. The van der Waals surface area contributed by atoms with Gasteiger partial charge in [0.25, 0.3) is 0 Å². The van der Waals surface area contributed by atoms with Crippen molar-refractivity contribution in [2.75, 3.05) is 18.8 Å². The van der Waals surface area contributed by atoms with Crippen LogP contribution in [0.15, 0.2) is 0 Å². The maximum atomic E-state index is 12.4. The SMILES string of the molecule is CC(C)CCS(=O)(=O)N(CCN)C1CCCCC1. The Bertz CT molecular complexity index is 322. The molecule has 0 aromatic rings. The molecule has 108 valence electrons. The molecule has 0 saturated heterocycles. The number of hydrogen-bond acceptors (Lipinski definition) is 3. The van der Waals surface area contributed by atoms with Crippen LogP contribution in [0.5, 0.6) is 0 Å². The number of sulfonamides is 1. The summed E-state index contributed by atoms with van der Waals surface area (Å²) in [7, 11) is -3.13. The van der Waals surface area contributed by atoms with E-state index in [1.165, 1.54) is 6.42 Å². The first-order valence-electron chi connectivity index (χ1n) is 7.17. The van der Waals surface area contributed by atoms with E-state index in [2.05, 4.69) is 13.8 Å². The van der Waals surface area contributed by atoms with Crippen LogP contribution >= 0.6 is 0 Å². The largest absolute Gasteiger partial charge is 0.329 e. The normalized spacial score (nSPS) is 18.7. The van der Waals surface area contributed by atoms with Gasteiger partial charge in [-0.15, -0.1) is 0 Å². The Balaban J connectivity index is 2.69. The van der Waals surface area contributed by atoms with Crippen molar-refractivity contribution in [2.24, 2.45) is 11.7 Å². The van der Waals surface area contributed by atoms with E-state index in [0.717, 1.165) is 32.1 Å². The predicted octanol–water partition coefficient (Wildman–Crippen LogP) is 1.96. The Morgan fingerprint density at radius 3 is 2.33 bits per heavy atom. The van der Waals surface area contributed by atoms with Gasteiger partial charge in [-0.3, -0.25) is 0 Å². The maximum Gasteiger partial charge on any atom is 0.214 e. The van der Waals surface area contributed by atoms with E-state index in [-0.39, 0.29) is 11.8 Å². The molecule has 4 nitrogen and oxygen atoms in total. The molecule has 1 aliphatic rings. The monoisotopic (exact) mass is 276 g/mol. The van der Waals surface area contributed by atoms with Crippen molar-refractivity contribution >= 4 is 10.0 Å². The van der Waals surface area contributed by atoms with Crippen LogP contribution in [0.2, 0.25) is 0 Å². The van der Waals surface area contributed by atoms with Gasteiger partial charge in [0.1, 0.15) is 0 Å². The van der Waals surface area contributed by atoms with Crippen LogP contribution in [0.25, 0.3) is 0 Å². The van der Waals surface area contributed by atoms with Crippen molar-refractivity contribution in [3.63, 3.8) is 0 Å². The summed E-state index contributed by atoms with van der Waals surface area (Å²) in [4.78, 5) is 0. The Hall–Kier alpha value is -0.130. The zero-order valence-corrected chi connectivity index (χ0v) is 12.6. The highest BCUT2D eigenvalue weighted by atomic mass is 32.2. The number of rotatable bonds is 7. The molecule has 0 aromatic heterocycles. The van der Waals surface area contributed by atoms with Crippen LogP contribution in [-0.4, -0.2) is 37.6 Å². The third kappa shape index (κ3) is 4.86. The van der Waals surface area contributed by atoms with E-state index in [1.54, 1.807) is 4.31 Å². The minimum atomic E-state index is -3.13. The van der Waals surface area contributed by atoms with Crippen molar-refractivity contribution < 1.29 is 8.42 Å². The van der Waals surface area contributed by atoms with Gasteiger partial charge in [0, 0.05) is 19.1 Å². The molecule has 0 bridgehead atoms. The highest BCUT2D eigenvalue weighted by Gasteiger charge is 2.30. The molecule has 18 heavy (non-hydrogen) atoms. The van der Waals surface area contributed by atoms with Crippen LogP contribution < -0.4 is 5.73 Å². The molecule has 0 amide bonds. The second-order valence-corrected chi connectivity index (χ2v) is 7.73. The smallest absolute Gasteiger partial charge is 0.214 e. The van der Waals surface area contributed by atoms with Crippen molar-refractivity contribution in [1.82, 2.24) is 4.31 Å². The van der Waals surface area contributed by atoms with Crippen LogP contribution in [0.3, 0.4) is 0 Å². The molecule has 0 aromatic carbocycles. The molecule has 5 heteroatoms. The lowest BCUT2D eigenvalue weighted by molar-refractivity contribution is 0.257. The van der Waals surface area contributed by atoms with Gasteiger partial charge in [-0.2, -0.15) is 4.31 Å². The summed E-state index contributed by atoms with van der Waals surface area (Å²) >= 11 is 0. The molecule has 0 spiro atoms. The van der Waals surface area contributed by atoms with Crippen molar-refractivity contribution in [3.05, 3.63) is 0 Å². The first-order valence-corrected chi connectivity index (χ1v) is 8.78. The Morgan fingerprint density at radius 1 is 1.22 bits per heavy atom. The van der Waals surface area contributed by atoms with Gasteiger partial charge in [-0.1, -0.05) is 33.1 Å². The van der Waals surface area contributed by atoms with E-state index in [9.17, 15) is 8.42 Å². The van der Waals surface area contributed by atoms with Gasteiger partial charge >= 0.3 is 0 Å².